The zero-order chi connectivity index (χ0) is 14.1. The molecule has 0 aromatic heterocycles. The van der Waals surface area contributed by atoms with Crippen LogP contribution in [0.25, 0.3) is 0 Å². The van der Waals surface area contributed by atoms with Crippen molar-refractivity contribution < 1.29 is 14.9 Å². The van der Waals surface area contributed by atoms with Crippen LogP contribution in [0.3, 0.4) is 0 Å². The number of ether oxygens (including phenoxy) is 1. The molecule has 1 rings (SSSR count). The molecule has 0 radical (unpaired) electrons. The van der Waals surface area contributed by atoms with Crippen molar-refractivity contribution in [2.45, 2.75) is 38.9 Å². The van der Waals surface area contributed by atoms with E-state index in [2.05, 4.69) is 18.3 Å². The molecule has 0 spiro atoms. The molecule has 0 heterocycles. The Hall–Kier alpha value is -1.10. The highest BCUT2D eigenvalue weighted by Gasteiger charge is 2.05. The van der Waals surface area contributed by atoms with E-state index in [-0.39, 0.29) is 12.7 Å². The van der Waals surface area contributed by atoms with Crippen molar-refractivity contribution in [3.63, 3.8) is 0 Å². The third-order valence-corrected chi connectivity index (χ3v) is 2.87. The lowest BCUT2D eigenvalue weighted by atomic mass is 10.2. The van der Waals surface area contributed by atoms with E-state index in [1.165, 1.54) is 5.56 Å². The largest absolute Gasteiger partial charge is 0.491 e. The average Bonchev–Trinajstić information content (AvgIpc) is 2.41. The topological polar surface area (TPSA) is 61.7 Å². The molecule has 3 N–H and O–H groups in total. The first-order valence-electron chi connectivity index (χ1n) is 6.90. The summed E-state index contributed by atoms with van der Waals surface area (Å²) in [6, 6.07) is 7.91. The number of aryl methyl sites for hydroxylation is 1. The lowest BCUT2D eigenvalue weighted by Crippen LogP contribution is -2.32. The van der Waals surface area contributed by atoms with Gasteiger partial charge in [0.05, 0.1) is 6.10 Å². The molecule has 4 heteroatoms. The smallest absolute Gasteiger partial charge is 0.119 e. The highest BCUT2D eigenvalue weighted by molar-refractivity contribution is 5.28. The predicted octanol–water partition coefficient (Wildman–Crippen LogP) is 1.35. The molecule has 1 aromatic rings. The summed E-state index contributed by atoms with van der Waals surface area (Å²) in [5.74, 6) is 0.794. The van der Waals surface area contributed by atoms with Crippen molar-refractivity contribution in [1.82, 2.24) is 5.32 Å². The normalized spacial score (nSPS) is 14.1. The molecular formula is C15H25NO3. The molecule has 0 fully saturated rings. The molecule has 4 nitrogen and oxygen atoms in total. The average molecular weight is 267 g/mol. The van der Waals surface area contributed by atoms with Crippen LogP contribution in [0.2, 0.25) is 0 Å². The van der Waals surface area contributed by atoms with Gasteiger partial charge in [-0.3, -0.25) is 0 Å². The van der Waals surface area contributed by atoms with Crippen molar-refractivity contribution in [2.75, 3.05) is 19.7 Å². The summed E-state index contributed by atoms with van der Waals surface area (Å²) in [4.78, 5) is 0. The Bertz CT molecular complexity index is 355. The second kappa shape index (κ2) is 8.91. The fourth-order valence-electron chi connectivity index (χ4n) is 1.69. The summed E-state index contributed by atoms with van der Waals surface area (Å²) >= 11 is 0. The van der Waals surface area contributed by atoms with Gasteiger partial charge in [-0.1, -0.05) is 19.1 Å². The zero-order valence-electron chi connectivity index (χ0n) is 11.8. The minimum absolute atomic E-state index is 0.273. The van der Waals surface area contributed by atoms with Crippen molar-refractivity contribution in [3.05, 3.63) is 29.8 Å². The number of nitrogens with one attached hydrogen (secondary N) is 1. The van der Waals surface area contributed by atoms with Crippen molar-refractivity contribution in [1.29, 1.82) is 0 Å². The number of aliphatic hydroxyl groups excluding tert-OH is 2. The quantitative estimate of drug-likeness (QED) is 0.591. The molecule has 19 heavy (non-hydrogen) atoms. The summed E-state index contributed by atoms with van der Waals surface area (Å²) in [5, 5.41) is 21.9. The second-order valence-electron chi connectivity index (χ2n) is 4.81. The van der Waals surface area contributed by atoms with Gasteiger partial charge in [-0.05, 0) is 44.0 Å². The first-order valence-corrected chi connectivity index (χ1v) is 6.90. The van der Waals surface area contributed by atoms with Crippen LogP contribution in [0.15, 0.2) is 24.3 Å². The molecule has 0 saturated heterocycles. The lowest BCUT2D eigenvalue weighted by molar-refractivity contribution is 0.104. The Labute approximate surface area is 115 Å². The lowest BCUT2D eigenvalue weighted by Gasteiger charge is -2.14. The fraction of sp³-hybridized carbons (Fsp3) is 0.600. The van der Waals surface area contributed by atoms with E-state index >= 15 is 0 Å². The van der Waals surface area contributed by atoms with Crippen LogP contribution in [0, 0.1) is 0 Å². The maximum absolute atomic E-state index is 9.75. The Balaban J connectivity index is 2.20. The van der Waals surface area contributed by atoms with Gasteiger partial charge in [0.2, 0.25) is 0 Å². The van der Waals surface area contributed by atoms with Gasteiger partial charge < -0.3 is 20.3 Å². The van der Waals surface area contributed by atoms with Crippen LogP contribution in [-0.4, -0.2) is 42.1 Å². The van der Waals surface area contributed by atoms with E-state index in [9.17, 15) is 5.11 Å². The van der Waals surface area contributed by atoms with E-state index in [1.54, 1.807) is 6.92 Å². The highest BCUT2D eigenvalue weighted by Crippen LogP contribution is 2.13. The molecular weight excluding hydrogens is 242 g/mol. The highest BCUT2D eigenvalue weighted by atomic mass is 16.5. The zero-order valence-corrected chi connectivity index (χ0v) is 11.8. The van der Waals surface area contributed by atoms with E-state index in [4.69, 9.17) is 9.84 Å². The Morgan fingerprint density at radius 3 is 2.79 bits per heavy atom. The fourth-order valence-corrected chi connectivity index (χ4v) is 1.69. The first kappa shape index (κ1) is 16.0. The Kier molecular flexibility index (Phi) is 7.48. The third kappa shape index (κ3) is 7.15. The van der Waals surface area contributed by atoms with Gasteiger partial charge in [-0.2, -0.15) is 0 Å². The molecule has 1 aromatic carbocycles. The monoisotopic (exact) mass is 267 g/mol. The van der Waals surface area contributed by atoms with Crippen molar-refractivity contribution >= 4 is 0 Å². The van der Waals surface area contributed by atoms with Crippen LogP contribution in [-0.2, 0) is 6.42 Å². The molecule has 0 aliphatic carbocycles. The van der Waals surface area contributed by atoms with Gasteiger partial charge in [0.25, 0.3) is 0 Å². The van der Waals surface area contributed by atoms with Crippen LogP contribution in [0.1, 0.15) is 25.8 Å². The summed E-state index contributed by atoms with van der Waals surface area (Å²) < 4.78 is 5.55. The van der Waals surface area contributed by atoms with Gasteiger partial charge in [-0.15, -0.1) is 0 Å². The van der Waals surface area contributed by atoms with Crippen molar-refractivity contribution in [2.24, 2.45) is 0 Å². The molecule has 0 saturated carbocycles. The standard InChI is InChI=1S/C15H25NO3/c1-3-13-5-4-6-15(9-13)19-11-14(18)10-16-8-7-12(2)17/h4-6,9,12,14,16-18H,3,7-8,10-11H2,1-2H3. The van der Waals surface area contributed by atoms with E-state index in [0.29, 0.717) is 19.5 Å². The van der Waals surface area contributed by atoms with E-state index < -0.39 is 6.10 Å². The van der Waals surface area contributed by atoms with Crippen LogP contribution in [0.5, 0.6) is 5.75 Å². The summed E-state index contributed by atoms with van der Waals surface area (Å²) in [6.07, 6.45) is 0.809. The number of benzene rings is 1. The first-order chi connectivity index (χ1) is 9.11. The predicted molar refractivity (Wildman–Crippen MR) is 76.5 cm³/mol. The number of rotatable bonds is 9. The van der Waals surface area contributed by atoms with Gasteiger partial charge in [0, 0.05) is 6.54 Å². The number of aliphatic hydroxyl groups is 2. The summed E-state index contributed by atoms with van der Waals surface area (Å²) in [7, 11) is 0. The molecule has 0 aliphatic rings. The maximum atomic E-state index is 9.75. The van der Waals surface area contributed by atoms with Gasteiger partial charge in [0.1, 0.15) is 18.5 Å². The minimum atomic E-state index is -0.542. The van der Waals surface area contributed by atoms with Crippen LogP contribution in [0.4, 0.5) is 0 Å². The van der Waals surface area contributed by atoms with Crippen molar-refractivity contribution in [3.8, 4) is 5.75 Å². The van der Waals surface area contributed by atoms with Gasteiger partial charge >= 0.3 is 0 Å². The minimum Gasteiger partial charge on any atom is -0.491 e. The molecule has 2 unspecified atom stereocenters. The Morgan fingerprint density at radius 1 is 1.32 bits per heavy atom. The third-order valence-electron chi connectivity index (χ3n) is 2.87. The number of hydrogen-bond acceptors (Lipinski definition) is 4. The maximum Gasteiger partial charge on any atom is 0.119 e. The second-order valence-corrected chi connectivity index (χ2v) is 4.81. The summed E-state index contributed by atoms with van der Waals surface area (Å²) in [6.45, 7) is 5.29. The van der Waals surface area contributed by atoms with Crippen LogP contribution >= 0.6 is 0 Å². The van der Waals surface area contributed by atoms with E-state index in [0.717, 1.165) is 12.2 Å². The molecule has 108 valence electrons. The summed E-state index contributed by atoms with van der Waals surface area (Å²) in [5.41, 5.74) is 1.22. The van der Waals surface area contributed by atoms with Gasteiger partial charge in [0.15, 0.2) is 0 Å². The van der Waals surface area contributed by atoms with Crippen LogP contribution < -0.4 is 10.1 Å². The molecule has 0 amide bonds. The SMILES string of the molecule is CCc1cccc(OCC(O)CNCCC(C)O)c1. The number of hydrogen-bond donors (Lipinski definition) is 3. The Morgan fingerprint density at radius 2 is 2.11 bits per heavy atom. The van der Waals surface area contributed by atoms with Gasteiger partial charge in [-0.25, -0.2) is 0 Å². The van der Waals surface area contributed by atoms with E-state index in [1.807, 2.05) is 18.2 Å². The molecule has 2 atom stereocenters. The molecule has 0 bridgehead atoms. The molecule has 0 aliphatic heterocycles.